The van der Waals surface area contributed by atoms with Crippen LogP contribution in [0, 0.1) is 11.8 Å². The van der Waals surface area contributed by atoms with Crippen molar-refractivity contribution in [2.45, 2.75) is 60.5 Å². The lowest BCUT2D eigenvalue weighted by atomic mass is 9.84. The highest BCUT2D eigenvalue weighted by molar-refractivity contribution is 6.34. The zero-order valence-electron chi connectivity index (χ0n) is 18.2. The first kappa shape index (κ1) is 23.3. The van der Waals surface area contributed by atoms with Crippen molar-refractivity contribution in [1.29, 1.82) is 0 Å². The number of halogens is 2. The molecule has 0 saturated heterocycles. The second kappa shape index (κ2) is 8.78. The lowest BCUT2D eigenvalue weighted by Gasteiger charge is -2.34. The first-order valence-corrected chi connectivity index (χ1v) is 10.4. The maximum absolute atomic E-state index is 14.8. The third kappa shape index (κ3) is 4.61. The van der Waals surface area contributed by atoms with Crippen molar-refractivity contribution in [3.8, 4) is 11.5 Å². The van der Waals surface area contributed by atoms with Gasteiger partial charge in [-0.15, -0.1) is 0 Å². The highest BCUT2D eigenvalue weighted by Gasteiger charge is 2.34. The summed E-state index contributed by atoms with van der Waals surface area (Å²) in [5.74, 6) is -2.24. The molecule has 1 atom stereocenters. The highest BCUT2D eigenvalue weighted by Crippen LogP contribution is 2.51. The molecule has 0 fully saturated rings. The van der Waals surface area contributed by atoms with Crippen LogP contribution < -0.4 is 9.47 Å². The van der Waals surface area contributed by atoms with E-state index in [1.54, 1.807) is 19.9 Å². The summed E-state index contributed by atoms with van der Waals surface area (Å²) in [6, 6.07) is 1.76. The summed E-state index contributed by atoms with van der Waals surface area (Å²) in [5, 5.41) is 9.59. The SMILES string of the molecule is CCOc1c(C(=C(F)C(=O)O)C(C)CC)cc2c(c1Cl)OC(C)(C)C=C2C(C)C. The van der Waals surface area contributed by atoms with Crippen molar-refractivity contribution in [1.82, 2.24) is 0 Å². The molecule has 1 N–H and O–H groups in total. The zero-order valence-corrected chi connectivity index (χ0v) is 18.9. The van der Waals surface area contributed by atoms with Crippen molar-refractivity contribution in [3.63, 3.8) is 0 Å². The number of rotatable bonds is 7. The van der Waals surface area contributed by atoms with Crippen LogP contribution in [-0.4, -0.2) is 23.3 Å². The smallest absolute Gasteiger partial charge is 0.365 e. The number of benzene rings is 1. The van der Waals surface area contributed by atoms with E-state index in [0.717, 1.165) is 11.1 Å². The number of fused-ring (bicyclic) bond motifs is 1. The predicted molar refractivity (Wildman–Crippen MR) is 115 cm³/mol. The minimum absolute atomic E-state index is 0.0843. The molecular formula is C23H30ClFO4. The van der Waals surface area contributed by atoms with Crippen LogP contribution >= 0.6 is 11.6 Å². The molecule has 160 valence electrons. The highest BCUT2D eigenvalue weighted by atomic mass is 35.5. The van der Waals surface area contributed by atoms with Crippen LogP contribution in [0.3, 0.4) is 0 Å². The number of carboxylic acid groups (broad SMARTS) is 1. The van der Waals surface area contributed by atoms with E-state index < -0.39 is 17.4 Å². The van der Waals surface area contributed by atoms with Crippen molar-refractivity contribution in [3.05, 3.63) is 34.1 Å². The summed E-state index contributed by atoms with van der Waals surface area (Å²) in [4.78, 5) is 11.5. The molecular weight excluding hydrogens is 395 g/mol. The molecule has 0 saturated carbocycles. The van der Waals surface area contributed by atoms with Gasteiger partial charge >= 0.3 is 5.97 Å². The molecule has 1 heterocycles. The predicted octanol–water partition coefficient (Wildman–Crippen LogP) is 6.76. The summed E-state index contributed by atoms with van der Waals surface area (Å²) in [6.45, 7) is 13.8. The Hall–Kier alpha value is -2.01. The Morgan fingerprint density at radius 3 is 2.41 bits per heavy atom. The van der Waals surface area contributed by atoms with Crippen molar-refractivity contribution in [2.75, 3.05) is 6.61 Å². The number of hydrogen-bond acceptors (Lipinski definition) is 3. The molecule has 4 nitrogen and oxygen atoms in total. The second-order valence-electron chi connectivity index (χ2n) is 8.18. The Kier molecular flexibility index (Phi) is 7.05. The average Bonchev–Trinajstić information content (AvgIpc) is 2.63. The molecule has 1 aromatic carbocycles. The molecule has 1 aromatic rings. The Morgan fingerprint density at radius 2 is 1.93 bits per heavy atom. The van der Waals surface area contributed by atoms with Gasteiger partial charge in [-0.3, -0.25) is 0 Å². The van der Waals surface area contributed by atoms with E-state index in [4.69, 9.17) is 21.1 Å². The standard InChI is InChI=1S/C23H30ClFO4/c1-8-13(5)17(19(25)22(26)27)15-10-14-16(12(3)4)11-23(6,7)29-21(14)18(24)20(15)28-9-2/h10-13H,8-9H2,1-7H3,(H,26,27). The molecule has 0 aliphatic carbocycles. The number of allylic oxidation sites excluding steroid dienone is 2. The Labute approximate surface area is 177 Å². The zero-order chi connectivity index (χ0) is 22.1. The monoisotopic (exact) mass is 424 g/mol. The fourth-order valence-electron chi connectivity index (χ4n) is 3.56. The number of carbonyl (C=O) groups is 1. The van der Waals surface area contributed by atoms with Gasteiger partial charge in [-0.25, -0.2) is 4.79 Å². The van der Waals surface area contributed by atoms with Gasteiger partial charge in [0.2, 0.25) is 5.83 Å². The molecule has 1 unspecified atom stereocenters. The van der Waals surface area contributed by atoms with Crippen molar-refractivity contribution in [2.24, 2.45) is 11.8 Å². The summed E-state index contributed by atoms with van der Waals surface area (Å²) in [5.41, 5.74) is 1.63. The minimum atomic E-state index is -1.60. The molecule has 0 radical (unpaired) electrons. The molecule has 1 aliphatic rings. The van der Waals surface area contributed by atoms with Gasteiger partial charge in [-0.2, -0.15) is 4.39 Å². The summed E-state index contributed by atoms with van der Waals surface area (Å²) in [7, 11) is 0. The van der Waals surface area contributed by atoms with Gasteiger partial charge < -0.3 is 14.6 Å². The minimum Gasteiger partial charge on any atom is -0.492 e. The fraction of sp³-hybridized carbons (Fsp3) is 0.522. The lowest BCUT2D eigenvalue weighted by molar-refractivity contribution is -0.134. The summed E-state index contributed by atoms with van der Waals surface area (Å²) < 4.78 is 26.7. The lowest BCUT2D eigenvalue weighted by Crippen LogP contribution is -2.30. The Balaban J connectivity index is 2.94. The second-order valence-corrected chi connectivity index (χ2v) is 8.56. The molecule has 0 amide bonds. The van der Waals surface area contributed by atoms with Crippen LogP contribution in [0.4, 0.5) is 4.39 Å². The quantitative estimate of drug-likeness (QED) is 0.491. The molecule has 0 bridgehead atoms. The maximum Gasteiger partial charge on any atom is 0.365 e. The molecule has 2 rings (SSSR count). The van der Waals surface area contributed by atoms with Crippen LogP contribution in [0.1, 0.15) is 66.0 Å². The first-order chi connectivity index (χ1) is 13.4. The van der Waals surface area contributed by atoms with E-state index in [2.05, 4.69) is 13.8 Å². The average molecular weight is 425 g/mol. The van der Waals surface area contributed by atoms with Gasteiger partial charge in [0.05, 0.1) is 6.61 Å². The summed E-state index contributed by atoms with van der Waals surface area (Å²) >= 11 is 6.71. The van der Waals surface area contributed by atoms with Crippen LogP contribution in [0.2, 0.25) is 5.02 Å². The van der Waals surface area contributed by atoms with Gasteiger partial charge in [0.1, 0.15) is 16.4 Å². The first-order valence-electron chi connectivity index (χ1n) is 9.99. The Bertz CT molecular complexity index is 868. The van der Waals surface area contributed by atoms with Gasteiger partial charge in [0.25, 0.3) is 0 Å². The van der Waals surface area contributed by atoms with Crippen molar-refractivity contribution >= 4 is 28.7 Å². The number of carboxylic acids is 1. The van der Waals surface area contributed by atoms with E-state index in [-0.39, 0.29) is 28.2 Å². The van der Waals surface area contributed by atoms with E-state index >= 15 is 0 Å². The molecule has 6 heteroatoms. The van der Waals surface area contributed by atoms with Gasteiger partial charge in [-0.05, 0) is 56.7 Å². The van der Waals surface area contributed by atoms with E-state index in [0.29, 0.717) is 24.3 Å². The molecule has 1 aliphatic heterocycles. The van der Waals surface area contributed by atoms with Crippen LogP contribution in [-0.2, 0) is 4.79 Å². The molecule has 0 spiro atoms. The Morgan fingerprint density at radius 1 is 1.31 bits per heavy atom. The van der Waals surface area contributed by atoms with Crippen LogP contribution in [0.25, 0.3) is 11.1 Å². The third-order valence-electron chi connectivity index (χ3n) is 5.09. The summed E-state index contributed by atoms with van der Waals surface area (Å²) in [6.07, 6.45) is 2.59. The normalized spacial score (nSPS) is 17.1. The largest absolute Gasteiger partial charge is 0.492 e. The number of ether oxygens (including phenoxy) is 2. The van der Waals surface area contributed by atoms with Gasteiger partial charge in [0, 0.05) is 16.7 Å². The third-order valence-corrected chi connectivity index (χ3v) is 5.43. The van der Waals surface area contributed by atoms with Crippen molar-refractivity contribution < 1.29 is 23.8 Å². The fourth-order valence-corrected chi connectivity index (χ4v) is 3.85. The number of hydrogen-bond donors (Lipinski definition) is 1. The molecule has 0 aromatic heterocycles. The van der Waals surface area contributed by atoms with Gasteiger partial charge in [-0.1, -0.05) is 39.3 Å². The van der Waals surface area contributed by atoms with E-state index in [9.17, 15) is 14.3 Å². The van der Waals surface area contributed by atoms with E-state index in [1.807, 2.05) is 26.8 Å². The number of aliphatic carboxylic acids is 1. The van der Waals surface area contributed by atoms with Crippen LogP contribution in [0.15, 0.2) is 18.0 Å². The molecule has 29 heavy (non-hydrogen) atoms. The van der Waals surface area contributed by atoms with Crippen LogP contribution in [0.5, 0.6) is 11.5 Å². The maximum atomic E-state index is 14.8. The van der Waals surface area contributed by atoms with E-state index in [1.165, 1.54) is 0 Å². The topological polar surface area (TPSA) is 55.8 Å². The van der Waals surface area contributed by atoms with Gasteiger partial charge in [0.15, 0.2) is 5.75 Å².